The van der Waals surface area contributed by atoms with Gasteiger partial charge in [0.2, 0.25) is 0 Å². The highest BCUT2D eigenvalue weighted by atomic mass is 16.7. The number of ketones is 1. The number of ether oxygens (including phenoxy) is 2. The maximum Gasteiger partial charge on any atom is 0.169 e. The Labute approximate surface area is 85.8 Å². The van der Waals surface area contributed by atoms with Gasteiger partial charge < -0.3 is 9.47 Å². The molecule has 1 aliphatic carbocycles. The molecule has 3 nitrogen and oxygen atoms in total. The predicted octanol–water partition coefficient (Wildman–Crippen LogP) is 2.00. The minimum absolute atomic E-state index is 0.0126. The first-order valence-electron chi connectivity index (χ1n) is 5.01. The normalized spacial score (nSPS) is 30.4. The molecule has 0 aliphatic heterocycles. The van der Waals surface area contributed by atoms with E-state index in [4.69, 9.17) is 9.47 Å². The van der Waals surface area contributed by atoms with Gasteiger partial charge in [-0.3, -0.25) is 4.79 Å². The molecule has 82 valence electrons. The minimum Gasteiger partial charge on any atom is -0.353 e. The van der Waals surface area contributed by atoms with Crippen molar-refractivity contribution in [3.8, 4) is 0 Å². The van der Waals surface area contributed by atoms with Crippen molar-refractivity contribution in [1.82, 2.24) is 0 Å². The highest BCUT2D eigenvalue weighted by Gasteiger charge is 2.48. The van der Waals surface area contributed by atoms with Crippen LogP contribution in [0, 0.1) is 11.3 Å². The van der Waals surface area contributed by atoms with Crippen LogP contribution in [0.4, 0.5) is 0 Å². The largest absolute Gasteiger partial charge is 0.353 e. The molecule has 0 heterocycles. The zero-order chi connectivity index (χ0) is 11.0. The highest BCUT2D eigenvalue weighted by molar-refractivity contribution is 5.87. The van der Waals surface area contributed by atoms with Gasteiger partial charge in [0.15, 0.2) is 5.79 Å². The average molecular weight is 200 g/mol. The van der Waals surface area contributed by atoms with Crippen molar-refractivity contribution in [2.24, 2.45) is 11.3 Å². The molecule has 0 N–H and O–H groups in total. The number of hydrogen-bond donors (Lipinski definition) is 0. The van der Waals surface area contributed by atoms with Crippen molar-refractivity contribution in [2.75, 3.05) is 14.2 Å². The average Bonchev–Trinajstić information content (AvgIpc) is 2.13. The molecule has 0 aromatic carbocycles. The van der Waals surface area contributed by atoms with Gasteiger partial charge >= 0.3 is 0 Å². The molecule has 14 heavy (non-hydrogen) atoms. The number of Topliss-reactive ketones (excluding diaryl/α,β-unsaturated/α-hetero) is 1. The van der Waals surface area contributed by atoms with Crippen LogP contribution in [0.25, 0.3) is 0 Å². The molecular formula is C11H20O3. The number of carbonyl (C=O) groups is 1. The van der Waals surface area contributed by atoms with E-state index in [-0.39, 0.29) is 11.3 Å². The predicted molar refractivity (Wildman–Crippen MR) is 53.9 cm³/mol. The highest BCUT2D eigenvalue weighted by Crippen LogP contribution is 2.43. The lowest BCUT2D eigenvalue weighted by atomic mass is 9.69. The van der Waals surface area contributed by atoms with E-state index in [1.165, 1.54) is 0 Å². The molecule has 0 spiro atoms. The fraction of sp³-hybridized carbons (Fsp3) is 0.909. The van der Waals surface area contributed by atoms with Crippen LogP contribution in [-0.2, 0) is 14.3 Å². The lowest BCUT2D eigenvalue weighted by molar-refractivity contribution is -0.243. The molecule has 3 heteroatoms. The van der Waals surface area contributed by atoms with Crippen LogP contribution in [0.3, 0.4) is 0 Å². The summed E-state index contributed by atoms with van der Waals surface area (Å²) in [5.74, 6) is -0.252. The van der Waals surface area contributed by atoms with E-state index < -0.39 is 5.79 Å². The zero-order valence-corrected chi connectivity index (χ0v) is 9.72. The summed E-state index contributed by atoms with van der Waals surface area (Å²) in [6.07, 6.45) is 1.29. The summed E-state index contributed by atoms with van der Waals surface area (Å²) in [7, 11) is 3.28. The summed E-state index contributed by atoms with van der Waals surface area (Å²) < 4.78 is 10.8. The van der Waals surface area contributed by atoms with E-state index in [0.717, 1.165) is 0 Å². The van der Waals surface area contributed by atoms with Crippen molar-refractivity contribution < 1.29 is 14.3 Å². The van der Waals surface area contributed by atoms with Gasteiger partial charge in [-0.25, -0.2) is 0 Å². The third-order valence-corrected chi connectivity index (χ3v) is 3.19. The van der Waals surface area contributed by atoms with Crippen molar-refractivity contribution in [3.63, 3.8) is 0 Å². The van der Waals surface area contributed by atoms with Gasteiger partial charge in [-0.15, -0.1) is 0 Å². The molecule has 1 fully saturated rings. The minimum atomic E-state index is -0.573. The van der Waals surface area contributed by atoms with Crippen LogP contribution in [0.1, 0.15) is 33.6 Å². The van der Waals surface area contributed by atoms with Gasteiger partial charge in [0.1, 0.15) is 5.78 Å². The van der Waals surface area contributed by atoms with Crippen LogP contribution in [0.15, 0.2) is 0 Å². The molecule has 0 amide bonds. The Morgan fingerprint density at radius 2 is 1.79 bits per heavy atom. The van der Waals surface area contributed by atoms with Crippen LogP contribution in [-0.4, -0.2) is 25.8 Å². The van der Waals surface area contributed by atoms with Gasteiger partial charge in [-0.05, 0) is 0 Å². The molecule has 0 saturated heterocycles. The summed E-state index contributed by atoms with van der Waals surface area (Å²) >= 11 is 0. The molecule has 1 rings (SSSR count). The van der Waals surface area contributed by atoms with Gasteiger partial charge in [0.25, 0.3) is 0 Å². The summed E-state index contributed by atoms with van der Waals surface area (Å²) in [6.45, 7) is 5.85. The first-order chi connectivity index (χ1) is 6.37. The number of hydrogen-bond acceptors (Lipinski definition) is 3. The van der Waals surface area contributed by atoms with Gasteiger partial charge in [-0.2, -0.15) is 0 Å². The second-order valence-electron chi connectivity index (χ2n) is 4.85. The Morgan fingerprint density at radius 1 is 1.29 bits per heavy atom. The standard InChI is InChI=1S/C11H20O3/c1-8-6-11(13-4,14-5)7-10(2,3)9(8)12/h8H,6-7H2,1-5H3. The third-order valence-electron chi connectivity index (χ3n) is 3.19. The Balaban J connectivity index is 2.92. The first kappa shape index (κ1) is 11.7. The third kappa shape index (κ3) is 1.84. The fourth-order valence-electron chi connectivity index (χ4n) is 2.45. The van der Waals surface area contributed by atoms with Crippen molar-refractivity contribution in [2.45, 2.75) is 39.4 Å². The van der Waals surface area contributed by atoms with E-state index in [0.29, 0.717) is 18.6 Å². The molecule has 1 aliphatic rings. The fourth-order valence-corrected chi connectivity index (χ4v) is 2.45. The molecule has 1 unspecified atom stereocenters. The molecule has 0 radical (unpaired) electrons. The first-order valence-corrected chi connectivity index (χ1v) is 5.01. The summed E-state index contributed by atoms with van der Waals surface area (Å²) in [5.41, 5.74) is -0.344. The molecular weight excluding hydrogens is 180 g/mol. The Hall–Kier alpha value is -0.410. The topological polar surface area (TPSA) is 35.5 Å². The van der Waals surface area contributed by atoms with Gasteiger partial charge in [0.05, 0.1) is 0 Å². The second kappa shape index (κ2) is 3.63. The second-order valence-corrected chi connectivity index (χ2v) is 4.85. The molecule has 1 saturated carbocycles. The summed E-state index contributed by atoms with van der Waals surface area (Å²) in [5, 5.41) is 0. The van der Waals surface area contributed by atoms with Crippen molar-refractivity contribution in [1.29, 1.82) is 0 Å². The molecule has 0 aromatic rings. The SMILES string of the molecule is COC1(OC)CC(C)C(=O)C(C)(C)C1. The number of methoxy groups -OCH3 is 2. The monoisotopic (exact) mass is 200 g/mol. The maximum absolute atomic E-state index is 11.9. The molecule has 0 aromatic heterocycles. The van der Waals surface area contributed by atoms with Crippen molar-refractivity contribution in [3.05, 3.63) is 0 Å². The Bertz CT molecular complexity index is 229. The summed E-state index contributed by atoms with van der Waals surface area (Å²) in [4.78, 5) is 11.9. The Morgan fingerprint density at radius 3 is 2.14 bits per heavy atom. The van der Waals surface area contributed by atoms with E-state index in [1.807, 2.05) is 20.8 Å². The molecule has 1 atom stereocenters. The van der Waals surface area contributed by atoms with Crippen LogP contribution < -0.4 is 0 Å². The van der Waals surface area contributed by atoms with E-state index in [1.54, 1.807) is 14.2 Å². The van der Waals surface area contributed by atoms with Crippen LogP contribution in [0.2, 0.25) is 0 Å². The van der Waals surface area contributed by atoms with E-state index >= 15 is 0 Å². The Kier molecular flexibility index (Phi) is 3.02. The number of carbonyl (C=O) groups excluding carboxylic acids is 1. The maximum atomic E-state index is 11.9. The lowest BCUT2D eigenvalue weighted by Crippen LogP contribution is -2.50. The zero-order valence-electron chi connectivity index (χ0n) is 9.72. The lowest BCUT2D eigenvalue weighted by Gasteiger charge is -2.44. The van der Waals surface area contributed by atoms with E-state index in [2.05, 4.69) is 0 Å². The van der Waals surface area contributed by atoms with Gasteiger partial charge in [0, 0.05) is 38.4 Å². The summed E-state index contributed by atoms with van der Waals surface area (Å²) in [6, 6.07) is 0. The van der Waals surface area contributed by atoms with E-state index in [9.17, 15) is 4.79 Å². The van der Waals surface area contributed by atoms with Crippen LogP contribution in [0.5, 0.6) is 0 Å². The van der Waals surface area contributed by atoms with Crippen molar-refractivity contribution >= 4 is 5.78 Å². The quantitative estimate of drug-likeness (QED) is 0.639. The van der Waals surface area contributed by atoms with Crippen LogP contribution >= 0.6 is 0 Å². The van der Waals surface area contributed by atoms with Gasteiger partial charge in [-0.1, -0.05) is 20.8 Å². The molecule has 0 bridgehead atoms. The smallest absolute Gasteiger partial charge is 0.169 e. The number of rotatable bonds is 2.